The largest absolute Gasteiger partial charge is 0.493 e. The van der Waals surface area contributed by atoms with Gasteiger partial charge in [0.05, 0.1) is 12.2 Å². The van der Waals surface area contributed by atoms with E-state index in [0.29, 0.717) is 30.7 Å². The third-order valence-corrected chi connectivity index (χ3v) is 7.17. The molecule has 0 radical (unpaired) electrons. The van der Waals surface area contributed by atoms with E-state index >= 15 is 0 Å². The minimum atomic E-state index is -1.18. The Labute approximate surface area is 224 Å². The highest BCUT2D eigenvalue weighted by molar-refractivity contribution is 6.07. The lowest BCUT2D eigenvalue weighted by Crippen LogP contribution is -2.37. The number of aryl methyl sites for hydroxylation is 2. The number of aliphatic carboxylic acids is 1. The van der Waals surface area contributed by atoms with Gasteiger partial charge in [-0.1, -0.05) is 24.3 Å². The molecule has 3 aromatic rings. The molecule has 0 aliphatic carbocycles. The van der Waals surface area contributed by atoms with Crippen LogP contribution < -0.4 is 9.64 Å². The van der Waals surface area contributed by atoms with Crippen molar-refractivity contribution < 1.29 is 24.2 Å². The lowest BCUT2D eigenvalue weighted by molar-refractivity contribution is -0.160. The second-order valence-corrected chi connectivity index (χ2v) is 11.1. The molecule has 1 N–H and O–H groups in total. The number of hydrogen-bond acceptors (Lipinski definition) is 4. The van der Waals surface area contributed by atoms with Crippen molar-refractivity contribution in [1.82, 2.24) is 0 Å². The van der Waals surface area contributed by atoms with Gasteiger partial charge in [0.15, 0.2) is 6.10 Å². The van der Waals surface area contributed by atoms with Crippen molar-refractivity contribution in [2.24, 2.45) is 0 Å². The number of carboxylic acid groups (broad SMARTS) is 1. The van der Waals surface area contributed by atoms with Crippen molar-refractivity contribution in [3.05, 3.63) is 82.4 Å². The molecule has 1 unspecified atom stereocenters. The minimum absolute atomic E-state index is 0.0841. The van der Waals surface area contributed by atoms with E-state index in [1.807, 2.05) is 76.2 Å². The second kappa shape index (κ2) is 10.3. The Hall–Kier alpha value is -3.64. The molecule has 0 spiro atoms. The van der Waals surface area contributed by atoms with E-state index in [9.17, 15) is 14.7 Å². The second-order valence-electron chi connectivity index (χ2n) is 11.1. The maximum atomic E-state index is 13.6. The van der Waals surface area contributed by atoms with Gasteiger partial charge in [-0.3, -0.25) is 4.79 Å². The number of carbonyl (C=O) groups is 2. The molecule has 3 aromatic carbocycles. The quantitative estimate of drug-likeness (QED) is 0.420. The zero-order chi connectivity index (χ0) is 27.0. The number of anilines is 1. The highest BCUT2D eigenvalue weighted by Crippen LogP contribution is 2.45. The molecule has 6 nitrogen and oxygen atoms in total. The Morgan fingerprint density at radius 3 is 2.50 bits per heavy atom. The topological polar surface area (TPSA) is 76.1 Å². The number of hydrogen-bond donors (Lipinski definition) is 1. The first kappa shape index (κ1) is 26.0. The highest BCUT2D eigenvalue weighted by Gasteiger charge is 2.36. The van der Waals surface area contributed by atoms with Crippen LogP contribution in [0.5, 0.6) is 5.75 Å². The summed E-state index contributed by atoms with van der Waals surface area (Å²) in [5.41, 5.74) is 6.05. The summed E-state index contributed by atoms with van der Waals surface area (Å²) in [5, 5.41) is 10.5. The zero-order valence-electron chi connectivity index (χ0n) is 22.5. The lowest BCUT2D eigenvalue weighted by Gasteiger charge is -2.35. The fourth-order valence-corrected chi connectivity index (χ4v) is 5.63. The van der Waals surface area contributed by atoms with Crippen LogP contribution in [0.3, 0.4) is 0 Å². The maximum Gasteiger partial charge on any atom is 0.337 e. The zero-order valence-corrected chi connectivity index (χ0v) is 22.5. The summed E-state index contributed by atoms with van der Waals surface area (Å²) in [6.07, 6.45) is 2.09. The molecule has 2 heterocycles. The standard InChI is InChI=1S/C32H35NO5/c1-20-18-25-24(13-8-16-33(25)30(34)21-10-6-5-7-11-21)28(29(31(35)36)38-32(2,3)4)27(20)23-14-15-26-22(19-23)12-9-17-37-26/h5-7,10-11,14-15,18-19,29H,8-9,12-13,16-17H2,1-4H3,(H,35,36). The first-order valence-electron chi connectivity index (χ1n) is 13.3. The summed E-state index contributed by atoms with van der Waals surface area (Å²) >= 11 is 0. The first-order chi connectivity index (χ1) is 18.1. The van der Waals surface area contributed by atoms with E-state index in [4.69, 9.17) is 9.47 Å². The summed E-state index contributed by atoms with van der Waals surface area (Å²) in [6, 6.07) is 17.4. The normalized spacial score (nSPS) is 15.7. The SMILES string of the molecule is Cc1cc2c(c(C(OC(C)(C)C)C(=O)O)c1-c1ccc3c(c1)CCCO3)CCCN2C(=O)c1ccccc1. The summed E-state index contributed by atoms with van der Waals surface area (Å²) in [5.74, 6) is -0.238. The summed E-state index contributed by atoms with van der Waals surface area (Å²) in [6.45, 7) is 8.88. The average molecular weight is 514 g/mol. The number of benzene rings is 3. The third-order valence-electron chi connectivity index (χ3n) is 7.17. The predicted molar refractivity (Wildman–Crippen MR) is 148 cm³/mol. The van der Waals surface area contributed by atoms with Gasteiger partial charge >= 0.3 is 5.97 Å². The monoisotopic (exact) mass is 513 g/mol. The fourth-order valence-electron chi connectivity index (χ4n) is 5.63. The van der Waals surface area contributed by atoms with Crippen LogP contribution in [0.25, 0.3) is 11.1 Å². The van der Waals surface area contributed by atoms with E-state index in [1.165, 1.54) is 0 Å². The first-order valence-corrected chi connectivity index (χ1v) is 13.3. The van der Waals surface area contributed by atoms with Crippen LogP contribution in [-0.2, 0) is 22.4 Å². The Morgan fingerprint density at radius 1 is 1.03 bits per heavy atom. The number of amides is 1. The number of carbonyl (C=O) groups excluding carboxylic acids is 1. The van der Waals surface area contributed by atoms with Gasteiger partial charge < -0.3 is 19.5 Å². The summed E-state index contributed by atoms with van der Waals surface area (Å²) < 4.78 is 12.1. The molecule has 0 aromatic heterocycles. The van der Waals surface area contributed by atoms with Crippen LogP contribution in [0.2, 0.25) is 0 Å². The third kappa shape index (κ3) is 5.05. The molecule has 2 aliphatic heterocycles. The van der Waals surface area contributed by atoms with Crippen LogP contribution in [0.4, 0.5) is 5.69 Å². The van der Waals surface area contributed by atoms with E-state index < -0.39 is 17.7 Å². The number of ether oxygens (including phenoxy) is 2. The molecule has 0 bridgehead atoms. The molecule has 6 heteroatoms. The van der Waals surface area contributed by atoms with Gasteiger partial charge in [0.1, 0.15) is 5.75 Å². The average Bonchev–Trinajstić information content (AvgIpc) is 2.90. The molecule has 5 rings (SSSR count). The maximum absolute atomic E-state index is 13.6. The van der Waals surface area contributed by atoms with E-state index in [0.717, 1.165) is 58.5 Å². The van der Waals surface area contributed by atoms with Gasteiger partial charge in [-0.15, -0.1) is 0 Å². The Bertz CT molecular complexity index is 1370. The molecule has 0 fully saturated rings. The molecule has 0 saturated carbocycles. The molecule has 1 atom stereocenters. The minimum Gasteiger partial charge on any atom is -0.493 e. The molecular weight excluding hydrogens is 478 g/mol. The van der Waals surface area contributed by atoms with Crippen LogP contribution in [0.1, 0.15) is 72.3 Å². The van der Waals surface area contributed by atoms with Crippen molar-refractivity contribution in [2.75, 3.05) is 18.1 Å². The van der Waals surface area contributed by atoms with Crippen LogP contribution >= 0.6 is 0 Å². The molecule has 0 saturated heterocycles. The van der Waals surface area contributed by atoms with Gasteiger partial charge in [-0.25, -0.2) is 4.79 Å². The van der Waals surface area contributed by atoms with Crippen molar-refractivity contribution in [2.45, 2.75) is 65.1 Å². The van der Waals surface area contributed by atoms with Crippen LogP contribution in [-0.4, -0.2) is 35.7 Å². The number of rotatable bonds is 5. The summed E-state index contributed by atoms with van der Waals surface area (Å²) in [7, 11) is 0. The van der Waals surface area contributed by atoms with Crippen LogP contribution in [0, 0.1) is 6.92 Å². The molecular formula is C32H35NO5. The van der Waals surface area contributed by atoms with Gasteiger partial charge in [0.25, 0.3) is 5.91 Å². The Kier molecular flexibility index (Phi) is 7.01. The van der Waals surface area contributed by atoms with Crippen molar-refractivity contribution in [3.63, 3.8) is 0 Å². The van der Waals surface area contributed by atoms with Crippen molar-refractivity contribution >= 4 is 17.6 Å². The van der Waals surface area contributed by atoms with Crippen LogP contribution in [0.15, 0.2) is 54.6 Å². The predicted octanol–water partition coefficient (Wildman–Crippen LogP) is 6.52. The molecule has 1 amide bonds. The number of fused-ring (bicyclic) bond motifs is 2. The van der Waals surface area contributed by atoms with Gasteiger partial charge in [0, 0.05) is 23.4 Å². The van der Waals surface area contributed by atoms with Crippen molar-refractivity contribution in [1.29, 1.82) is 0 Å². The molecule has 38 heavy (non-hydrogen) atoms. The highest BCUT2D eigenvalue weighted by atomic mass is 16.5. The Balaban J connectivity index is 1.73. The molecule has 198 valence electrons. The fraction of sp³-hybridized carbons (Fsp3) is 0.375. The van der Waals surface area contributed by atoms with Gasteiger partial charge in [0.2, 0.25) is 0 Å². The van der Waals surface area contributed by atoms with Gasteiger partial charge in [-0.05, 0) is 112 Å². The van der Waals surface area contributed by atoms with E-state index in [1.54, 1.807) is 4.90 Å². The van der Waals surface area contributed by atoms with Crippen molar-refractivity contribution in [3.8, 4) is 16.9 Å². The number of nitrogens with zero attached hydrogens (tertiary/aromatic N) is 1. The molecule has 2 aliphatic rings. The van der Waals surface area contributed by atoms with Gasteiger partial charge in [-0.2, -0.15) is 0 Å². The smallest absolute Gasteiger partial charge is 0.337 e. The summed E-state index contributed by atoms with van der Waals surface area (Å²) in [4.78, 5) is 28.2. The Morgan fingerprint density at radius 2 is 1.79 bits per heavy atom. The van der Waals surface area contributed by atoms with E-state index in [2.05, 4.69) is 6.07 Å². The number of carboxylic acids is 1. The lowest BCUT2D eigenvalue weighted by atomic mass is 9.83. The van der Waals surface area contributed by atoms with E-state index in [-0.39, 0.29) is 5.91 Å².